The van der Waals surface area contributed by atoms with E-state index in [0.717, 1.165) is 5.01 Å². The van der Waals surface area contributed by atoms with Gasteiger partial charge >= 0.3 is 0 Å². The molecule has 0 atom stereocenters. The lowest BCUT2D eigenvalue weighted by atomic mass is 10.5. The van der Waals surface area contributed by atoms with Gasteiger partial charge in [-0.25, -0.2) is 4.98 Å². The van der Waals surface area contributed by atoms with Gasteiger partial charge in [-0.15, -0.1) is 21.5 Å². The number of hydrogen-bond donors (Lipinski definition) is 2. The molecule has 1 heterocycles. The predicted molar refractivity (Wildman–Crippen MR) is 50.1 cm³/mol. The molecular formula is C6H9N5S. The summed E-state index contributed by atoms with van der Waals surface area (Å²) < 4.78 is 0. The van der Waals surface area contributed by atoms with Gasteiger partial charge in [0.2, 0.25) is 5.96 Å². The number of aromatic nitrogens is 1. The van der Waals surface area contributed by atoms with E-state index in [1.807, 2.05) is 5.38 Å². The van der Waals surface area contributed by atoms with Crippen LogP contribution in [0.3, 0.4) is 0 Å². The van der Waals surface area contributed by atoms with E-state index in [9.17, 15) is 0 Å². The first-order valence-corrected chi connectivity index (χ1v) is 4.11. The molecule has 0 aliphatic carbocycles. The van der Waals surface area contributed by atoms with Crippen LogP contribution >= 0.6 is 11.3 Å². The average molecular weight is 183 g/mol. The van der Waals surface area contributed by atoms with Gasteiger partial charge in [0.1, 0.15) is 5.01 Å². The van der Waals surface area contributed by atoms with Crippen LogP contribution in [-0.4, -0.2) is 16.7 Å². The average Bonchev–Trinajstić information content (AvgIpc) is 2.51. The van der Waals surface area contributed by atoms with Crippen molar-refractivity contribution in [2.24, 2.45) is 21.7 Å². The van der Waals surface area contributed by atoms with Crippen molar-refractivity contribution in [1.29, 1.82) is 0 Å². The number of thiazole rings is 1. The predicted octanol–water partition coefficient (Wildman–Crippen LogP) is 0.141. The molecule has 64 valence electrons. The Balaban J connectivity index is 2.78. The largest absolute Gasteiger partial charge is 0.369 e. The molecule has 0 radical (unpaired) electrons. The van der Waals surface area contributed by atoms with Gasteiger partial charge in [-0.1, -0.05) is 0 Å². The van der Waals surface area contributed by atoms with Crippen molar-refractivity contribution >= 4 is 23.0 Å². The Morgan fingerprint density at radius 1 is 1.50 bits per heavy atom. The van der Waals surface area contributed by atoms with Crippen LogP contribution in [-0.2, 0) is 0 Å². The Morgan fingerprint density at radius 2 is 2.25 bits per heavy atom. The summed E-state index contributed by atoms with van der Waals surface area (Å²) in [5.74, 6) is -0.0501. The number of hydrogen-bond acceptors (Lipinski definition) is 4. The normalized spacial score (nSPS) is 11.2. The van der Waals surface area contributed by atoms with Crippen molar-refractivity contribution in [2.75, 3.05) is 0 Å². The first kappa shape index (κ1) is 8.66. The molecule has 5 nitrogen and oxygen atoms in total. The third-order valence-corrected chi connectivity index (χ3v) is 1.94. The van der Waals surface area contributed by atoms with Gasteiger partial charge < -0.3 is 11.5 Å². The minimum absolute atomic E-state index is 0.0501. The molecule has 0 saturated heterocycles. The molecule has 12 heavy (non-hydrogen) atoms. The van der Waals surface area contributed by atoms with Crippen molar-refractivity contribution in [3.8, 4) is 0 Å². The molecule has 1 aromatic rings. The minimum Gasteiger partial charge on any atom is -0.369 e. The van der Waals surface area contributed by atoms with Crippen molar-refractivity contribution in [2.45, 2.75) is 6.92 Å². The summed E-state index contributed by atoms with van der Waals surface area (Å²) in [6.45, 7) is 1.80. The highest BCUT2D eigenvalue weighted by atomic mass is 32.1. The van der Waals surface area contributed by atoms with Crippen LogP contribution in [0.25, 0.3) is 0 Å². The van der Waals surface area contributed by atoms with Gasteiger partial charge in [0.15, 0.2) is 0 Å². The smallest absolute Gasteiger partial charge is 0.211 e. The second-order valence-corrected chi connectivity index (χ2v) is 2.94. The maximum Gasteiger partial charge on any atom is 0.211 e. The Morgan fingerprint density at radius 3 is 2.75 bits per heavy atom. The molecule has 6 heteroatoms. The highest BCUT2D eigenvalue weighted by Gasteiger charge is 1.97. The SMILES string of the molecule is CC(=NN=C(N)N)c1nccs1. The lowest BCUT2D eigenvalue weighted by Gasteiger charge is -1.89. The first-order chi connectivity index (χ1) is 5.70. The van der Waals surface area contributed by atoms with Crippen LogP contribution in [0.2, 0.25) is 0 Å². The van der Waals surface area contributed by atoms with Crippen LogP contribution in [0, 0.1) is 0 Å². The van der Waals surface area contributed by atoms with Crippen LogP contribution in [0.1, 0.15) is 11.9 Å². The number of guanidine groups is 1. The van der Waals surface area contributed by atoms with Gasteiger partial charge in [0.05, 0.1) is 5.71 Å². The van der Waals surface area contributed by atoms with E-state index >= 15 is 0 Å². The molecular weight excluding hydrogens is 174 g/mol. The zero-order valence-corrected chi connectivity index (χ0v) is 7.38. The van der Waals surface area contributed by atoms with Gasteiger partial charge in [-0.3, -0.25) is 0 Å². The fraction of sp³-hybridized carbons (Fsp3) is 0.167. The van der Waals surface area contributed by atoms with Gasteiger partial charge in [-0.2, -0.15) is 0 Å². The summed E-state index contributed by atoms with van der Waals surface area (Å²) in [4.78, 5) is 4.03. The molecule has 0 aromatic carbocycles. The van der Waals surface area contributed by atoms with Crippen molar-refractivity contribution < 1.29 is 0 Å². The molecule has 1 aromatic heterocycles. The van der Waals surface area contributed by atoms with Gasteiger partial charge in [-0.05, 0) is 6.92 Å². The lowest BCUT2D eigenvalue weighted by molar-refractivity contribution is 1.19. The second-order valence-electron chi connectivity index (χ2n) is 2.05. The summed E-state index contributed by atoms with van der Waals surface area (Å²) >= 11 is 1.49. The Bertz CT molecular complexity index is 296. The molecule has 4 N–H and O–H groups in total. The molecule has 0 amide bonds. The molecule has 1 rings (SSSR count). The summed E-state index contributed by atoms with van der Waals surface area (Å²) in [5.41, 5.74) is 10.9. The van der Waals surface area contributed by atoms with Gasteiger partial charge in [0, 0.05) is 11.6 Å². The Kier molecular flexibility index (Phi) is 2.76. The molecule has 0 saturated carbocycles. The Labute approximate surface area is 73.8 Å². The van der Waals surface area contributed by atoms with E-state index in [1.165, 1.54) is 11.3 Å². The van der Waals surface area contributed by atoms with Crippen LogP contribution in [0.5, 0.6) is 0 Å². The standard InChI is InChI=1S/C6H9N5S/c1-4(10-11-6(7)8)5-9-2-3-12-5/h2-3H,1H3,(H4,7,8,11). The second kappa shape index (κ2) is 3.82. The zero-order chi connectivity index (χ0) is 8.97. The summed E-state index contributed by atoms with van der Waals surface area (Å²) in [6, 6.07) is 0. The maximum absolute atomic E-state index is 5.10. The van der Waals surface area contributed by atoms with E-state index in [1.54, 1.807) is 13.1 Å². The van der Waals surface area contributed by atoms with Crippen LogP contribution in [0.4, 0.5) is 0 Å². The van der Waals surface area contributed by atoms with E-state index in [2.05, 4.69) is 15.2 Å². The summed E-state index contributed by atoms with van der Waals surface area (Å²) in [5, 5.41) is 9.96. The number of nitrogens with two attached hydrogens (primary N) is 2. The third kappa shape index (κ3) is 2.31. The van der Waals surface area contributed by atoms with Crippen LogP contribution < -0.4 is 11.5 Å². The van der Waals surface area contributed by atoms with Crippen molar-refractivity contribution in [3.05, 3.63) is 16.6 Å². The maximum atomic E-state index is 5.10. The van der Waals surface area contributed by atoms with E-state index in [4.69, 9.17) is 11.5 Å². The van der Waals surface area contributed by atoms with Crippen LogP contribution in [0.15, 0.2) is 21.8 Å². The summed E-state index contributed by atoms with van der Waals surface area (Å²) in [6.07, 6.45) is 1.70. The lowest BCUT2D eigenvalue weighted by Crippen LogP contribution is -2.22. The van der Waals surface area contributed by atoms with E-state index in [0.29, 0.717) is 5.71 Å². The zero-order valence-electron chi connectivity index (χ0n) is 6.56. The quantitative estimate of drug-likeness (QED) is 0.388. The monoisotopic (exact) mass is 183 g/mol. The fourth-order valence-corrected chi connectivity index (χ4v) is 1.16. The first-order valence-electron chi connectivity index (χ1n) is 3.23. The highest BCUT2D eigenvalue weighted by molar-refractivity contribution is 7.11. The molecule has 0 bridgehead atoms. The number of rotatable bonds is 2. The molecule has 0 spiro atoms. The highest BCUT2D eigenvalue weighted by Crippen LogP contribution is 2.05. The molecule has 0 aliphatic rings. The molecule has 0 fully saturated rings. The van der Waals surface area contributed by atoms with E-state index < -0.39 is 0 Å². The molecule has 0 aliphatic heterocycles. The summed E-state index contributed by atoms with van der Waals surface area (Å²) in [7, 11) is 0. The fourth-order valence-electron chi connectivity index (χ4n) is 0.578. The van der Waals surface area contributed by atoms with Gasteiger partial charge in [0.25, 0.3) is 0 Å². The Hall–Kier alpha value is -1.43. The van der Waals surface area contributed by atoms with Crippen molar-refractivity contribution in [3.63, 3.8) is 0 Å². The number of nitrogens with zero attached hydrogens (tertiary/aromatic N) is 3. The van der Waals surface area contributed by atoms with E-state index in [-0.39, 0.29) is 5.96 Å². The van der Waals surface area contributed by atoms with Crippen molar-refractivity contribution in [1.82, 2.24) is 4.98 Å². The third-order valence-electron chi connectivity index (χ3n) is 1.06. The molecule has 0 unspecified atom stereocenters. The minimum atomic E-state index is -0.0501. The topological polar surface area (TPSA) is 89.6 Å².